The highest BCUT2D eigenvalue weighted by Crippen LogP contribution is 2.41. The number of aliphatic hydroxyl groups is 2. The number of fused-ring (bicyclic) bond motifs is 2. The fraction of sp³-hybridized carbons (Fsp3) is 0.500. The van der Waals surface area contributed by atoms with E-state index in [1.165, 1.54) is 0 Å². The van der Waals surface area contributed by atoms with Crippen molar-refractivity contribution in [1.82, 2.24) is 68.3 Å². The Morgan fingerprint density at radius 3 is 1.36 bits per heavy atom. The molecule has 0 radical (unpaired) electrons. The number of hydrogen-bond acceptors (Lipinski definition) is 24. The van der Waals surface area contributed by atoms with E-state index in [-0.39, 0.29) is 36.7 Å². The van der Waals surface area contributed by atoms with Crippen LogP contribution in [0, 0.1) is 0 Å². The number of aromatic nitrogens is 10. The number of hydrogen-bond donors (Lipinski definition) is 6. The highest BCUT2D eigenvalue weighted by molar-refractivity contribution is 6.40. The molecule has 6 N–H and O–H groups in total. The van der Waals surface area contributed by atoms with Crippen LogP contribution in [-0.2, 0) is 22.6 Å². The van der Waals surface area contributed by atoms with Crippen molar-refractivity contribution in [3.8, 4) is 45.9 Å². The van der Waals surface area contributed by atoms with Gasteiger partial charge in [-0.15, -0.1) is 33.4 Å². The van der Waals surface area contributed by atoms with Crippen molar-refractivity contribution < 1.29 is 58.1 Å². The summed E-state index contributed by atoms with van der Waals surface area (Å²) < 4.78 is 46.3. The molecule has 1 amide bonds. The minimum Gasteiger partial charge on any atom is -0.493 e. The van der Waals surface area contributed by atoms with Gasteiger partial charge in [-0.3, -0.25) is 14.6 Å². The second kappa shape index (κ2) is 33.3. The van der Waals surface area contributed by atoms with Crippen LogP contribution in [0.2, 0.25) is 0 Å². The molecule has 4 fully saturated rings. The number of imidazole rings is 2. The number of amides is 1. The summed E-state index contributed by atoms with van der Waals surface area (Å²) in [4.78, 5) is 51.4. The molecule has 4 aliphatic heterocycles. The number of methoxy groups -OCH3 is 6. The molecule has 0 aliphatic carbocycles. The van der Waals surface area contributed by atoms with Crippen LogP contribution < -0.4 is 54.2 Å². The van der Waals surface area contributed by atoms with Crippen LogP contribution in [0.4, 0.5) is 40.0 Å². The molecule has 32 heteroatoms. The Bertz CT molecular complexity index is 3810. The first-order valence-electron chi connectivity index (χ1n) is 31.6. The van der Waals surface area contributed by atoms with Crippen LogP contribution in [0.25, 0.3) is 22.4 Å². The maximum absolute atomic E-state index is 12.6. The van der Waals surface area contributed by atoms with E-state index < -0.39 is 11.6 Å². The zero-order valence-corrected chi connectivity index (χ0v) is 57.5. The molecule has 2 aromatic carbocycles. The lowest BCUT2D eigenvalue weighted by Crippen LogP contribution is -2.49. The van der Waals surface area contributed by atoms with Crippen molar-refractivity contribution in [3.63, 3.8) is 0 Å². The van der Waals surface area contributed by atoms with Gasteiger partial charge in [-0.1, -0.05) is 0 Å². The monoisotopic (exact) mass is 1370 g/mol. The summed E-state index contributed by atoms with van der Waals surface area (Å²) in [6.45, 7) is 16.4. The van der Waals surface area contributed by atoms with Crippen LogP contribution in [0.1, 0.15) is 64.8 Å². The summed E-state index contributed by atoms with van der Waals surface area (Å²) in [5.74, 6) is 5.98. The quantitative estimate of drug-likeness (QED) is 0.0409. The van der Waals surface area contributed by atoms with Gasteiger partial charge in [0, 0.05) is 110 Å². The Hall–Kier alpha value is -8.78. The lowest BCUT2D eigenvalue weighted by atomic mass is 10.2. The van der Waals surface area contributed by atoms with E-state index in [0.29, 0.717) is 102 Å². The van der Waals surface area contributed by atoms with Gasteiger partial charge >= 0.3 is 6.09 Å². The van der Waals surface area contributed by atoms with Crippen LogP contribution in [0.15, 0.2) is 73.6 Å². The zero-order valence-electron chi connectivity index (χ0n) is 56.0. The normalized spacial score (nSPS) is 16.6. The summed E-state index contributed by atoms with van der Waals surface area (Å²) in [6.07, 6.45) is 10.6. The fourth-order valence-electron chi connectivity index (χ4n) is 11.8. The van der Waals surface area contributed by atoms with Gasteiger partial charge in [-0.2, -0.15) is 9.97 Å². The van der Waals surface area contributed by atoms with Crippen LogP contribution in [0.3, 0.4) is 0 Å². The number of benzene rings is 2. The SMILES string of the molecule is CC(=O)O.COc1cc(-n2cnc(Nc3nc(N4CCC[C@H]4CO)nn4c(CN5CCN(C(=O)OC(C)(C)C)CC5)ccc34)c2)cc(OC)c1OC.COc1cc(-n2cnc(Nc3nc(N4CCC[C@H]4CO)nn4c(CN5CCNCC5)ccc34)c2)cc(OC)c1OC.ClCCl. The molecule has 30 nitrogen and oxygen atoms in total. The van der Waals surface area contributed by atoms with Crippen molar-refractivity contribution >= 4 is 81.5 Å². The van der Waals surface area contributed by atoms with Crippen molar-refractivity contribution in [1.29, 1.82) is 0 Å². The van der Waals surface area contributed by atoms with Gasteiger partial charge in [-0.25, -0.2) is 23.8 Å². The topological polar surface area (TPSA) is 308 Å². The van der Waals surface area contributed by atoms with Gasteiger partial charge in [0.2, 0.25) is 23.4 Å². The largest absolute Gasteiger partial charge is 0.493 e. The number of piperazine rings is 2. The Kier molecular flexibility index (Phi) is 24.8. The van der Waals surface area contributed by atoms with E-state index in [4.69, 9.17) is 86.4 Å². The molecule has 0 saturated carbocycles. The van der Waals surface area contributed by atoms with E-state index in [1.807, 2.05) is 87.7 Å². The summed E-state index contributed by atoms with van der Waals surface area (Å²) in [6, 6.07) is 15.6. The van der Waals surface area contributed by atoms with Gasteiger partial charge in [0.25, 0.3) is 5.97 Å². The number of nitrogens with zero attached hydrogens (tertiary/aromatic N) is 15. The predicted molar refractivity (Wildman–Crippen MR) is 365 cm³/mol. The number of carbonyl (C=O) groups is 2. The summed E-state index contributed by atoms with van der Waals surface area (Å²) in [7, 11) is 9.50. The van der Waals surface area contributed by atoms with Gasteiger partial charge in [0.15, 0.2) is 34.6 Å². The molecule has 4 saturated heterocycles. The molecule has 10 heterocycles. The number of anilines is 6. The number of aliphatic hydroxyl groups excluding tert-OH is 2. The molecule has 2 atom stereocenters. The first-order valence-corrected chi connectivity index (χ1v) is 32.6. The maximum Gasteiger partial charge on any atom is 0.410 e. The summed E-state index contributed by atoms with van der Waals surface area (Å²) in [5, 5.41) is 47.9. The number of alkyl halides is 2. The molecular formula is C64H88Cl2N18O12. The Morgan fingerprint density at radius 1 is 0.604 bits per heavy atom. The Balaban J connectivity index is 0.000000207. The molecule has 4 aliphatic rings. The summed E-state index contributed by atoms with van der Waals surface area (Å²) >= 11 is 9.53. The third kappa shape index (κ3) is 17.4. The van der Waals surface area contributed by atoms with E-state index in [0.717, 1.165) is 112 Å². The standard InChI is InChI=1S/C33H45N9O6.C28H37N9O4.C2H4O2.CH2Cl2/c1-33(2,3)48-32(44)39-14-12-38(13-15-39)18-22-9-10-25-30(36-31(37-42(22)25)41-11-7-8-23(41)20-43)35-28-19-40(21-34-28)24-16-26(45-4)29(47-6)27(17-24)46-5;1-39-23-13-21(14-24(40-2)26(23)41-3)35-16-25(30-18-35)31-27-22-7-6-19(15-34-11-8-29-9-12-34)37(22)33-28(32-27)36-10-4-5-20(36)17-38;1-2(3)4;2-1-3/h9-10,16-17,19,21,23,43H,7-8,11-15,18,20H2,1-6H3,(H,35,36,37);6-7,13-14,16,18,20,29,38H,4-5,8-12,15,17H2,1-3H3,(H,31,32,33);1H3,(H,3,4);1H2/t23-;20-;;/m00../s1. The lowest BCUT2D eigenvalue weighted by Gasteiger charge is -2.35. The van der Waals surface area contributed by atoms with Crippen LogP contribution >= 0.6 is 23.2 Å². The van der Waals surface area contributed by atoms with Crippen molar-refractivity contribution in [2.24, 2.45) is 0 Å². The van der Waals surface area contributed by atoms with Gasteiger partial charge < -0.3 is 88.3 Å². The Labute approximate surface area is 567 Å². The third-order valence-corrected chi connectivity index (χ3v) is 16.4. The first-order chi connectivity index (χ1) is 46.4. The van der Waals surface area contributed by atoms with E-state index in [1.54, 1.807) is 60.2 Å². The molecule has 0 spiro atoms. The van der Waals surface area contributed by atoms with Gasteiger partial charge in [0.1, 0.15) is 40.9 Å². The fourth-order valence-corrected chi connectivity index (χ4v) is 11.8. The van der Waals surface area contributed by atoms with Crippen molar-refractivity contribution in [2.75, 3.05) is 147 Å². The smallest absolute Gasteiger partial charge is 0.410 e. The number of carboxylic acid groups (broad SMARTS) is 1. The highest BCUT2D eigenvalue weighted by Gasteiger charge is 2.31. The minimum atomic E-state index is -0.833. The van der Waals surface area contributed by atoms with Gasteiger partial charge in [0.05, 0.1) is 108 Å². The first kappa shape index (κ1) is 71.5. The van der Waals surface area contributed by atoms with E-state index >= 15 is 0 Å². The van der Waals surface area contributed by atoms with E-state index in [9.17, 15) is 15.0 Å². The third-order valence-electron chi connectivity index (χ3n) is 16.4. The second-order valence-corrected chi connectivity index (χ2v) is 24.7. The molecule has 520 valence electrons. The molecule has 0 bridgehead atoms. The van der Waals surface area contributed by atoms with Crippen LogP contribution in [0.5, 0.6) is 34.5 Å². The average Bonchev–Trinajstić information content (AvgIpc) is 1.60. The summed E-state index contributed by atoms with van der Waals surface area (Å²) in [5.41, 5.74) is 4.79. The highest BCUT2D eigenvalue weighted by atomic mass is 35.5. The maximum atomic E-state index is 12.6. The van der Waals surface area contributed by atoms with Crippen LogP contribution in [-0.4, -0.2) is 235 Å². The number of aliphatic carboxylic acids is 1. The lowest BCUT2D eigenvalue weighted by molar-refractivity contribution is -0.134. The number of carbonyl (C=O) groups excluding carboxylic acids is 1. The zero-order chi connectivity index (χ0) is 68.6. The molecule has 8 aromatic rings. The number of carboxylic acids is 1. The molecule has 6 aromatic heterocycles. The number of nitrogens with one attached hydrogen (secondary N) is 3. The predicted octanol–water partition coefficient (Wildman–Crippen LogP) is 7.26. The molecule has 96 heavy (non-hydrogen) atoms. The van der Waals surface area contributed by atoms with Crippen molar-refractivity contribution in [2.45, 2.75) is 84.2 Å². The van der Waals surface area contributed by atoms with E-state index in [2.05, 4.69) is 57.7 Å². The average molecular weight is 1370 g/mol. The minimum absolute atomic E-state index is 0.00622. The molecular weight excluding hydrogens is 1280 g/mol. The number of halogens is 2. The number of rotatable bonds is 20. The van der Waals surface area contributed by atoms with Gasteiger partial charge in [-0.05, 0) is 70.7 Å². The second-order valence-electron chi connectivity index (χ2n) is 23.8. The van der Waals surface area contributed by atoms with Crippen molar-refractivity contribution in [3.05, 3.63) is 85.0 Å². The number of ether oxygens (including phenoxy) is 7. The Morgan fingerprint density at radius 2 is 1.00 bits per heavy atom. The molecule has 0 unspecified atom stereocenters. The molecule has 12 rings (SSSR count).